The molecule has 0 unspecified atom stereocenters. The van der Waals surface area contributed by atoms with Gasteiger partial charge in [0.2, 0.25) is 0 Å². The van der Waals surface area contributed by atoms with Crippen molar-refractivity contribution in [3.05, 3.63) is 54.1 Å². The second-order valence-electron chi connectivity index (χ2n) is 4.28. The lowest BCUT2D eigenvalue weighted by atomic mass is 10.1. The predicted octanol–water partition coefficient (Wildman–Crippen LogP) is 1.36. The minimum atomic E-state index is -4.66. The van der Waals surface area contributed by atoms with E-state index in [4.69, 9.17) is 0 Å². The normalized spacial score (nSPS) is 11.0. The first-order valence-corrected chi connectivity index (χ1v) is 6.09. The molecule has 0 aliphatic rings. The highest BCUT2D eigenvalue weighted by molar-refractivity contribution is 5.96. The van der Waals surface area contributed by atoms with Gasteiger partial charge in [0.15, 0.2) is 0 Å². The summed E-state index contributed by atoms with van der Waals surface area (Å²) in [5.74, 6) is -1.65. The maximum atomic E-state index is 12.8. The maximum absolute atomic E-state index is 12.8. The first-order chi connectivity index (χ1) is 10.4. The van der Waals surface area contributed by atoms with Gasteiger partial charge in [0.1, 0.15) is 6.54 Å². The van der Waals surface area contributed by atoms with E-state index in [-0.39, 0.29) is 6.54 Å². The van der Waals surface area contributed by atoms with Crippen molar-refractivity contribution in [1.29, 1.82) is 0 Å². The van der Waals surface area contributed by atoms with Crippen molar-refractivity contribution < 1.29 is 22.8 Å². The lowest BCUT2D eigenvalue weighted by Gasteiger charge is -2.13. The van der Waals surface area contributed by atoms with Crippen LogP contribution >= 0.6 is 0 Å². The Morgan fingerprint density at radius 3 is 2.55 bits per heavy atom. The van der Waals surface area contributed by atoms with Crippen LogP contribution in [-0.4, -0.2) is 21.4 Å². The molecule has 0 spiro atoms. The van der Waals surface area contributed by atoms with Gasteiger partial charge < -0.3 is 4.57 Å². The third-order valence-electron chi connectivity index (χ3n) is 2.68. The Hall–Kier alpha value is -2.84. The zero-order chi connectivity index (χ0) is 16.2. The van der Waals surface area contributed by atoms with Crippen LogP contribution in [0.2, 0.25) is 0 Å². The molecule has 0 aliphatic carbocycles. The van der Waals surface area contributed by atoms with Gasteiger partial charge in [-0.3, -0.25) is 20.4 Å². The van der Waals surface area contributed by atoms with Crippen LogP contribution in [0.15, 0.2) is 43.0 Å². The lowest BCUT2D eigenvalue weighted by molar-refractivity contribution is -0.137. The molecule has 22 heavy (non-hydrogen) atoms. The molecule has 2 rings (SSSR count). The zero-order valence-electron chi connectivity index (χ0n) is 11.1. The summed E-state index contributed by atoms with van der Waals surface area (Å²) in [5.41, 5.74) is 2.35. The summed E-state index contributed by atoms with van der Waals surface area (Å²) in [6, 6.07) is 4.30. The Morgan fingerprint density at radius 2 is 1.91 bits per heavy atom. The number of hydrogen-bond donors (Lipinski definition) is 2. The molecule has 116 valence electrons. The average molecular weight is 312 g/mol. The summed E-state index contributed by atoms with van der Waals surface area (Å²) in [4.78, 5) is 27.0. The highest BCUT2D eigenvalue weighted by Gasteiger charge is 2.34. The van der Waals surface area contributed by atoms with Gasteiger partial charge in [-0.25, -0.2) is 4.98 Å². The Labute approximate surface area is 122 Å². The molecule has 1 heterocycles. The lowest BCUT2D eigenvalue weighted by Crippen LogP contribution is -2.43. The van der Waals surface area contributed by atoms with Crippen LogP contribution < -0.4 is 10.9 Å². The van der Waals surface area contributed by atoms with Crippen molar-refractivity contribution in [3.8, 4) is 0 Å². The minimum absolute atomic E-state index is 0.124. The molecule has 1 aromatic carbocycles. The smallest absolute Gasteiger partial charge is 0.328 e. The van der Waals surface area contributed by atoms with Crippen molar-refractivity contribution in [3.63, 3.8) is 0 Å². The van der Waals surface area contributed by atoms with Crippen molar-refractivity contribution in [2.75, 3.05) is 0 Å². The third-order valence-corrected chi connectivity index (χ3v) is 2.68. The number of benzene rings is 1. The number of rotatable bonds is 3. The molecular weight excluding hydrogens is 301 g/mol. The second-order valence-corrected chi connectivity index (χ2v) is 4.28. The number of amides is 2. The molecule has 0 aliphatic heterocycles. The number of alkyl halides is 3. The van der Waals surface area contributed by atoms with E-state index < -0.39 is 29.1 Å². The number of halogens is 3. The van der Waals surface area contributed by atoms with Gasteiger partial charge in [-0.15, -0.1) is 0 Å². The van der Waals surface area contributed by atoms with E-state index in [0.29, 0.717) is 0 Å². The number of carbonyl (C=O) groups is 2. The van der Waals surface area contributed by atoms with Gasteiger partial charge in [0, 0.05) is 12.4 Å². The Balaban J connectivity index is 2.00. The van der Waals surface area contributed by atoms with Gasteiger partial charge in [-0.05, 0) is 12.1 Å². The van der Waals surface area contributed by atoms with Crippen molar-refractivity contribution in [1.82, 2.24) is 20.4 Å². The summed E-state index contributed by atoms with van der Waals surface area (Å²) in [7, 11) is 0. The molecule has 0 atom stereocenters. The SMILES string of the molecule is O=C(Cn1ccnc1)NNC(=O)c1ccccc1C(F)(F)F. The van der Waals surface area contributed by atoms with Crippen LogP contribution in [0.25, 0.3) is 0 Å². The highest BCUT2D eigenvalue weighted by atomic mass is 19.4. The number of imidazole rings is 1. The predicted molar refractivity (Wildman–Crippen MR) is 69.3 cm³/mol. The van der Waals surface area contributed by atoms with E-state index in [1.165, 1.54) is 35.4 Å². The van der Waals surface area contributed by atoms with Crippen LogP contribution in [0.5, 0.6) is 0 Å². The molecular formula is C13H11F3N4O2. The van der Waals surface area contributed by atoms with E-state index in [0.717, 1.165) is 12.1 Å². The maximum Gasteiger partial charge on any atom is 0.417 e. The molecule has 0 fully saturated rings. The van der Waals surface area contributed by atoms with Gasteiger partial charge >= 0.3 is 6.18 Å². The third kappa shape index (κ3) is 3.84. The topological polar surface area (TPSA) is 76.0 Å². The van der Waals surface area contributed by atoms with Crippen molar-refractivity contribution >= 4 is 11.8 Å². The summed E-state index contributed by atoms with van der Waals surface area (Å²) >= 11 is 0. The van der Waals surface area contributed by atoms with Gasteiger partial charge in [0.25, 0.3) is 11.8 Å². The molecule has 2 aromatic rings. The number of aromatic nitrogens is 2. The quantitative estimate of drug-likeness (QED) is 0.840. The molecule has 9 heteroatoms. The van der Waals surface area contributed by atoms with E-state index in [2.05, 4.69) is 4.98 Å². The second kappa shape index (κ2) is 6.29. The van der Waals surface area contributed by atoms with Crippen LogP contribution in [0, 0.1) is 0 Å². The molecule has 0 radical (unpaired) electrons. The summed E-state index contributed by atoms with van der Waals surface area (Å²) in [5, 5.41) is 0. The van der Waals surface area contributed by atoms with E-state index in [1.54, 1.807) is 0 Å². The molecule has 0 saturated heterocycles. The minimum Gasteiger partial charge on any atom is -0.328 e. The number of hydrogen-bond acceptors (Lipinski definition) is 3. The van der Waals surface area contributed by atoms with Gasteiger partial charge in [-0.1, -0.05) is 12.1 Å². The highest BCUT2D eigenvalue weighted by Crippen LogP contribution is 2.31. The van der Waals surface area contributed by atoms with E-state index >= 15 is 0 Å². The fraction of sp³-hybridized carbons (Fsp3) is 0.154. The van der Waals surface area contributed by atoms with Crippen LogP contribution in [-0.2, 0) is 17.5 Å². The largest absolute Gasteiger partial charge is 0.417 e. The number of nitrogens with zero attached hydrogens (tertiary/aromatic N) is 2. The molecule has 2 N–H and O–H groups in total. The summed E-state index contributed by atoms with van der Waals surface area (Å²) in [6.45, 7) is -0.124. The zero-order valence-corrected chi connectivity index (χ0v) is 11.1. The van der Waals surface area contributed by atoms with E-state index in [9.17, 15) is 22.8 Å². The fourth-order valence-electron chi connectivity index (χ4n) is 1.71. The average Bonchev–Trinajstić information content (AvgIpc) is 2.96. The molecule has 1 aromatic heterocycles. The van der Waals surface area contributed by atoms with Crippen molar-refractivity contribution in [2.45, 2.75) is 12.7 Å². The monoisotopic (exact) mass is 312 g/mol. The molecule has 6 nitrogen and oxygen atoms in total. The summed E-state index contributed by atoms with van der Waals surface area (Å²) in [6.07, 6.45) is -0.277. The Bertz CT molecular complexity index is 668. The first-order valence-electron chi connectivity index (χ1n) is 6.09. The first kappa shape index (κ1) is 15.5. The van der Waals surface area contributed by atoms with E-state index in [1.807, 2.05) is 10.9 Å². The van der Waals surface area contributed by atoms with Crippen molar-refractivity contribution in [2.24, 2.45) is 0 Å². The molecule has 0 bridgehead atoms. The Morgan fingerprint density at radius 1 is 1.18 bits per heavy atom. The standard InChI is InChI=1S/C13H11F3N4O2/c14-13(15,16)10-4-2-1-3-9(10)12(22)19-18-11(21)7-20-6-5-17-8-20/h1-6,8H,7H2,(H,18,21)(H,19,22). The van der Waals surface area contributed by atoms with Crippen LogP contribution in [0.1, 0.15) is 15.9 Å². The van der Waals surface area contributed by atoms with Gasteiger partial charge in [0.05, 0.1) is 17.5 Å². The molecule has 0 saturated carbocycles. The fourth-order valence-corrected chi connectivity index (χ4v) is 1.71. The van der Waals surface area contributed by atoms with Gasteiger partial charge in [-0.2, -0.15) is 13.2 Å². The molecule has 2 amide bonds. The Kier molecular flexibility index (Phi) is 4.44. The van der Waals surface area contributed by atoms with Crippen LogP contribution in [0.3, 0.4) is 0 Å². The van der Waals surface area contributed by atoms with Crippen LogP contribution in [0.4, 0.5) is 13.2 Å². The number of nitrogens with one attached hydrogen (secondary N) is 2. The number of carbonyl (C=O) groups excluding carboxylic acids is 2. The number of hydrazine groups is 1. The summed E-state index contributed by atoms with van der Waals surface area (Å²) < 4.78 is 39.8.